The van der Waals surface area contributed by atoms with Crippen LogP contribution in [-0.2, 0) is 11.2 Å². The fourth-order valence-corrected chi connectivity index (χ4v) is 2.19. The van der Waals surface area contributed by atoms with Crippen molar-refractivity contribution in [3.05, 3.63) is 33.8 Å². The Balaban J connectivity index is 2.91. The monoisotopic (exact) mass is 352 g/mol. The molecule has 0 N–H and O–H groups in total. The van der Waals surface area contributed by atoms with Gasteiger partial charge in [0.25, 0.3) is 5.24 Å². The number of carbonyl (C=O) groups excluding carboxylic acids is 2. The van der Waals surface area contributed by atoms with Gasteiger partial charge < -0.3 is 0 Å². The molecule has 1 aromatic rings. The molecule has 1 aromatic carbocycles. The van der Waals surface area contributed by atoms with Crippen molar-refractivity contribution in [3.8, 4) is 0 Å². The summed E-state index contributed by atoms with van der Waals surface area (Å²) in [6.07, 6.45) is 0.348. The third kappa shape index (κ3) is 3.70. The summed E-state index contributed by atoms with van der Waals surface area (Å²) in [5, 5.41) is -0.180. The predicted molar refractivity (Wildman–Crippen MR) is 66.8 cm³/mol. The summed E-state index contributed by atoms with van der Waals surface area (Å²) in [6, 6.07) is 5.06. The van der Waals surface area contributed by atoms with Crippen LogP contribution in [0.15, 0.2) is 22.7 Å². The zero-order valence-electron chi connectivity index (χ0n) is 7.60. The minimum absolute atomic E-state index is 0.0897. The molecule has 5 heteroatoms. The Bertz CT molecular complexity index is 404. The van der Waals surface area contributed by atoms with Gasteiger partial charge in [-0.25, -0.2) is 0 Å². The first-order valence-corrected chi connectivity index (χ1v) is 6.39. The fourth-order valence-electron chi connectivity index (χ4n) is 1.10. The molecule has 0 bridgehead atoms. The molecule has 0 aliphatic heterocycles. The number of alkyl halides is 1. The van der Waals surface area contributed by atoms with Crippen LogP contribution in [0.1, 0.15) is 15.9 Å². The van der Waals surface area contributed by atoms with Gasteiger partial charge in [0.15, 0.2) is 0 Å². The molecular formula is C10H7Br2ClO2. The smallest absolute Gasteiger partial charge is 0.253 e. The maximum Gasteiger partial charge on any atom is 0.253 e. The lowest BCUT2D eigenvalue weighted by atomic mass is 10.1. The second-order valence-electron chi connectivity index (χ2n) is 2.94. The molecule has 0 radical (unpaired) electrons. The number of rotatable bonds is 4. The molecule has 0 atom stereocenters. The van der Waals surface area contributed by atoms with Gasteiger partial charge in [0.2, 0.25) is 0 Å². The summed E-state index contributed by atoms with van der Waals surface area (Å²) in [5.74, 6) is 0.0897. The SMILES string of the molecule is O=C(CBr)Cc1ccc(C(=O)Cl)c(Br)c1. The van der Waals surface area contributed by atoms with Crippen LogP contribution in [0, 0.1) is 0 Å². The van der Waals surface area contributed by atoms with Crippen LogP contribution >= 0.6 is 43.5 Å². The zero-order chi connectivity index (χ0) is 11.4. The van der Waals surface area contributed by atoms with Crippen molar-refractivity contribution in [2.45, 2.75) is 6.42 Å². The zero-order valence-corrected chi connectivity index (χ0v) is 11.5. The van der Waals surface area contributed by atoms with E-state index in [0.29, 0.717) is 21.8 Å². The van der Waals surface area contributed by atoms with Crippen molar-refractivity contribution < 1.29 is 9.59 Å². The highest BCUT2D eigenvalue weighted by atomic mass is 79.9. The van der Waals surface area contributed by atoms with E-state index >= 15 is 0 Å². The second kappa shape index (κ2) is 5.77. The maximum atomic E-state index is 11.2. The summed E-state index contributed by atoms with van der Waals surface area (Å²) < 4.78 is 0.613. The van der Waals surface area contributed by atoms with E-state index in [1.54, 1.807) is 18.2 Å². The summed E-state index contributed by atoms with van der Waals surface area (Å²) in [6.45, 7) is 0. The highest BCUT2D eigenvalue weighted by Gasteiger charge is 2.09. The summed E-state index contributed by atoms with van der Waals surface area (Å²) >= 11 is 11.7. The van der Waals surface area contributed by atoms with E-state index in [9.17, 15) is 9.59 Å². The predicted octanol–water partition coefficient (Wildman–Crippen LogP) is 3.33. The third-order valence-electron chi connectivity index (χ3n) is 1.80. The molecule has 1 rings (SSSR count). The standard InChI is InChI=1S/C10H7Br2ClO2/c11-5-7(14)3-6-1-2-8(10(13)15)9(12)4-6/h1-2,4H,3,5H2. The van der Waals surface area contributed by atoms with Gasteiger partial charge in [-0.2, -0.15) is 0 Å². The molecule has 0 aliphatic carbocycles. The van der Waals surface area contributed by atoms with Crippen LogP contribution in [0.25, 0.3) is 0 Å². The van der Waals surface area contributed by atoms with Crippen molar-refractivity contribution in [3.63, 3.8) is 0 Å². The van der Waals surface area contributed by atoms with E-state index in [0.717, 1.165) is 5.56 Å². The van der Waals surface area contributed by atoms with Gasteiger partial charge in [-0.1, -0.05) is 22.0 Å². The second-order valence-corrected chi connectivity index (χ2v) is 4.70. The van der Waals surface area contributed by atoms with Crippen molar-refractivity contribution in [1.29, 1.82) is 0 Å². The molecule has 2 nitrogen and oxygen atoms in total. The van der Waals surface area contributed by atoms with E-state index in [4.69, 9.17) is 11.6 Å². The van der Waals surface area contributed by atoms with Gasteiger partial charge in [-0.3, -0.25) is 9.59 Å². The molecule has 0 fully saturated rings. The van der Waals surface area contributed by atoms with Gasteiger partial charge in [0.1, 0.15) is 5.78 Å². The van der Waals surface area contributed by atoms with Crippen LogP contribution in [0.4, 0.5) is 0 Å². The van der Waals surface area contributed by atoms with Crippen molar-refractivity contribution >= 4 is 54.5 Å². The molecule has 0 spiro atoms. The normalized spacial score (nSPS) is 10.1. The summed E-state index contributed by atoms with van der Waals surface area (Å²) in [5.41, 5.74) is 1.26. The number of ketones is 1. The lowest BCUT2D eigenvalue weighted by Crippen LogP contribution is -2.04. The molecule has 0 heterocycles. The van der Waals surface area contributed by atoms with E-state index in [-0.39, 0.29) is 5.78 Å². The summed E-state index contributed by atoms with van der Waals surface area (Å²) in [7, 11) is 0. The average molecular weight is 354 g/mol. The molecular weight excluding hydrogens is 347 g/mol. The molecule has 0 unspecified atom stereocenters. The Morgan fingerprint density at radius 2 is 2.00 bits per heavy atom. The Morgan fingerprint density at radius 1 is 1.33 bits per heavy atom. The van der Waals surface area contributed by atoms with E-state index in [1.165, 1.54) is 0 Å². The Hall–Kier alpha value is -0.190. The van der Waals surface area contributed by atoms with Crippen LogP contribution < -0.4 is 0 Å². The molecule has 0 aromatic heterocycles. The first kappa shape index (κ1) is 12.9. The first-order valence-electron chi connectivity index (χ1n) is 4.10. The van der Waals surface area contributed by atoms with Crippen LogP contribution in [0.3, 0.4) is 0 Å². The molecule has 80 valence electrons. The highest BCUT2D eigenvalue weighted by molar-refractivity contribution is 9.10. The minimum Gasteiger partial charge on any atom is -0.298 e. The van der Waals surface area contributed by atoms with Gasteiger partial charge in [-0.05, 0) is 45.2 Å². The first-order chi connectivity index (χ1) is 7.04. The third-order valence-corrected chi connectivity index (χ3v) is 3.28. The maximum absolute atomic E-state index is 11.2. The van der Waals surface area contributed by atoms with Crippen molar-refractivity contribution in [1.82, 2.24) is 0 Å². The number of Topliss-reactive ketones (excluding diaryl/α,β-unsaturated/α-hetero) is 1. The van der Waals surface area contributed by atoms with E-state index in [1.807, 2.05) is 0 Å². The van der Waals surface area contributed by atoms with Crippen LogP contribution in [-0.4, -0.2) is 16.4 Å². The molecule has 0 saturated heterocycles. The van der Waals surface area contributed by atoms with E-state index in [2.05, 4.69) is 31.9 Å². The van der Waals surface area contributed by atoms with Crippen molar-refractivity contribution in [2.75, 3.05) is 5.33 Å². The van der Waals surface area contributed by atoms with Gasteiger partial charge in [-0.15, -0.1) is 0 Å². The number of halogens is 3. The van der Waals surface area contributed by atoms with Crippen LogP contribution in [0.5, 0.6) is 0 Å². The van der Waals surface area contributed by atoms with Gasteiger partial charge in [0.05, 0.1) is 5.33 Å². The molecule has 0 aliphatic rings. The minimum atomic E-state index is -0.514. The lowest BCUT2D eigenvalue weighted by molar-refractivity contribution is -0.115. The quantitative estimate of drug-likeness (QED) is 0.614. The average Bonchev–Trinajstić information content (AvgIpc) is 2.17. The Labute approximate surface area is 109 Å². The number of hydrogen-bond donors (Lipinski definition) is 0. The topological polar surface area (TPSA) is 34.1 Å². The fraction of sp³-hybridized carbons (Fsp3) is 0.200. The Kier molecular flexibility index (Phi) is 4.96. The molecule has 15 heavy (non-hydrogen) atoms. The lowest BCUT2D eigenvalue weighted by Gasteiger charge is -2.02. The van der Waals surface area contributed by atoms with Crippen LogP contribution in [0.2, 0.25) is 0 Å². The number of carbonyl (C=O) groups is 2. The molecule has 0 saturated carbocycles. The van der Waals surface area contributed by atoms with Gasteiger partial charge >= 0.3 is 0 Å². The number of benzene rings is 1. The van der Waals surface area contributed by atoms with Gasteiger partial charge in [0, 0.05) is 16.5 Å². The number of hydrogen-bond acceptors (Lipinski definition) is 2. The van der Waals surface area contributed by atoms with E-state index < -0.39 is 5.24 Å². The van der Waals surface area contributed by atoms with Crippen molar-refractivity contribution in [2.24, 2.45) is 0 Å². The highest BCUT2D eigenvalue weighted by Crippen LogP contribution is 2.20. The summed E-state index contributed by atoms with van der Waals surface area (Å²) in [4.78, 5) is 22.1. The largest absolute Gasteiger partial charge is 0.298 e. The molecule has 0 amide bonds. The Morgan fingerprint density at radius 3 is 2.47 bits per heavy atom.